The molecule has 0 atom stereocenters. The number of carbonyl (C=O) groups excluding carboxylic acids is 2. The van der Waals surface area contributed by atoms with E-state index in [0.717, 1.165) is 43.7 Å². The standard InChI is InChI=1S/C25H33N2O9P/c1-18-9-5-2-3-8-12-34-25(30)24-19(15-21(28)16-22(24)36-37(31,32)33)14-20(13-18)26-35-17-23(29)27-10-6-4-7-11-27/h2-3,13,15-16,28H,4-12,14,17H2,1H3,(H2,31,32,33). The third kappa shape index (κ3) is 9.35. The molecule has 0 aromatic heterocycles. The van der Waals surface area contributed by atoms with Crippen LogP contribution in [-0.4, -0.2) is 63.7 Å². The minimum Gasteiger partial charge on any atom is -0.508 e. The van der Waals surface area contributed by atoms with Gasteiger partial charge in [-0.25, -0.2) is 9.36 Å². The van der Waals surface area contributed by atoms with Crippen LogP contribution in [0.2, 0.25) is 0 Å². The Kier molecular flexibility index (Phi) is 10.3. The van der Waals surface area contributed by atoms with Gasteiger partial charge in [0.2, 0.25) is 0 Å². The summed E-state index contributed by atoms with van der Waals surface area (Å²) in [6.07, 6.45) is 10.5. The lowest BCUT2D eigenvalue weighted by atomic mass is 9.98. The average Bonchev–Trinajstić information content (AvgIpc) is 2.82. The van der Waals surface area contributed by atoms with E-state index in [9.17, 15) is 29.0 Å². The van der Waals surface area contributed by atoms with Crippen LogP contribution in [0.5, 0.6) is 11.5 Å². The number of phosphoric ester groups is 1. The number of ether oxygens (including phenoxy) is 1. The molecule has 0 bridgehead atoms. The zero-order chi connectivity index (χ0) is 26.8. The smallest absolute Gasteiger partial charge is 0.508 e. The number of piperidine rings is 1. The average molecular weight is 537 g/mol. The first-order valence-corrected chi connectivity index (χ1v) is 13.7. The molecule has 1 aromatic carbocycles. The topological polar surface area (TPSA) is 155 Å². The summed E-state index contributed by atoms with van der Waals surface area (Å²) >= 11 is 0. The minimum atomic E-state index is -5.06. The van der Waals surface area contributed by atoms with Crippen LogP contribution in [0.4, 0.5) is 0 Å². The fraction of sp³-hybridized carbons (Fsp3) is 0.480. The number of benzene rings is 1. The molecular formula is C25H33N2O9P. The van der Waals surface area contributed by atoms with Gasteiger partial charge < -0.3 is 24.1 Å². The second-order valence-corrected chi connectivity index (χ2v) is 10.1. The van der Waals surface area contributed by atoms with Gasteiger partial charge >= 0.3 is 13.8 Å². The minimum absolute atomic E-state index is 0.0441. The molecule has 202 valence electrons. The molecule has 0 spiro atoms. The number of nitrogens with zero attached hydrogens (tertiary/aromatic N) is 2. The molecule has 1 amide bonds. The molecule has 0 saturated carbocycles. The summed E-state index contributed by atoms with van der Waals surface area (Å²) in [6, 6.07) is 2.21. The van der Waals surface area contributed by atoms with Crippen molar-refractivity contribution < 1.29 is 43.1 Å². The number of allylic oxidation sites excluding steroid dienone is 3. The molecule has 3 N–H and O–H groups in total. The zero-order valence-electron chi connectivity index (χ0n) is 20.8. The van der Waals surface area contributed by atoms with E-state index in [4.69, 9.17) is 14.1 Å². The van der Waals surface area contributed by atoms with Gasteiger partial charge in [-0.1, -0.05) is 22.9 Å². The van der Waals surface area contributed by atoms with Gasteiger partial charge in [0, 0.05) is 25.6 Å². The number of phenolic OH excluding ortho intramolecular Hbond substituents is 1. The summed E-state index contributed by atoms with van der Waals surface area (Å²) in [5, 5.41) is 14.4. The Bertz CT molecular complexity index is 1120. The molecule has 3 rings (SSSR count). The zero-order valence-corrected chi connectivity index (χ0v) is 21.7. The molecule has 2 aliphatic heterocycles. The summed E-state index contributed by atoms with van der Waals surface area (Å²) in [6.45, 7) is 3.07. The van der Waals surface area contributed by atoms with E-state index >= 15 is 0 Å². The molecule has 2 aliphatic rings. The third-order valence-corrected chi connectivity index (χ3v) is 6.28. The molecular weight excluding hydrogens is 503 g/mol. The fourth-order valence-corrected chi connectivity index (χ4v) is 4.53. The van der Waals surface area contributed by atoms with Gasteiger partial charge in [-0.05, 0) is 63.2 Å². The van der Waals surface area contributed by atoms with Crippen LogP contribution in [0.1, 0.15) is 61.4 Å². The lowest BCUT2D eigenvalue weighted by Crippen LogP contribution is -2.37. The third-order valence-electron chi connectivity index (χ3n) is 5.84. The lowest BCUT2D eigenvalue weighted by Gasteiger charge is -2.26. The van der Waals surface area contributed by atoms with Crippen molar-refractivity contribution in [3.63, 3.8) is 0 Å². The second-order valence-electron chi connectivity index (χ2n) is 8.96. The highest BCUT2D eigenvalue weighted by molar-refractivity contribution is 7.46. The Morgan fingerprint density at radius 3 is 2.62 bits per heavy atom. The van der Waals surface area contributed by atoms with E-state index in [2.05, 4.69) is 5.16 Å². The normalized spacial score (nSPS) is 18.9. The quantitative estimate of drug-likeness (QED) is 0.221. The number of hydrogen-bond donors (Lipinski definition) is 3. The number of cyclic esters (lactones) is 1. The molecule has 2 heterocycles. The van der Waals surface area contributed by atoms with Crippen LogP contribution in [0.3, 0.4) is 0 Å². The molecule has 1 aromatic rings. The van der Waals surface area contributed by atoms with Gasteiger partial charge in [0.25, 0.3) is 5.91 Å². The van der Waals surface area contributed by atoms with Gasteiger partial charge in [-0.3, -0.25) is 14.6 Å². The Hall–Kier alpha value is -3.14. The van der Waals surface area contributed by atoms with Gasteiger partial charge in [-0.15, -0.1) is 0 Å². The number of oxime groups is 1. The molecule has 37 heavy (non-hydrogen) atoms. The number of phosphoric acid groups is 1. The van der Waals surface area contributed by atoms with E-state index in [-0.39, 0.29) is 42.4 Å². The van der Waals surface area contributed by atoms with E-state index < -0.39 is 19.5 Å². The first-order valence-electron chi connectivity index (χ1n) is 12.2. The van der Waals surface area contributed by atoms with Crippen molar-refractivity contribution in [1.82, 2.24) is 4.90 Å². The van der Waals surface area contributed by atoms with Crippen molar-refractivity contribution >= 4 is 25.4 Å². The fourth-order valence-electron chi connectivity index (χ4n) is 4.13. The number of likely N-dealkylation sites (tertiary alicyclic amines) is 1. The monoisotopic (exact) mass is 536 g/mol. The number of rotatable bonds is 5. The van der Waals surface area contributed by atoms with Crippen LogP contribution in [0, 0.1) is 0 Å². The maximum absolute atomic E-state index is 12.9. The molecule has 12 heteroatoms. The largest absolute Gasteiger partial charge is 0.524 e. The highest BCUT2D eigenvalue weighted by Crippen LogP contribution is 2.42. The number of esters is 1. The van der Waals surface area contributed by atoms with E-state index in [0.29, 0.717) is 25.2 Å². The maximum atomic E-state index is 12.9. The summed E-state index contributed by atoms with van der Waals surface area (Å²) in [4.78, 5) is 51.2. The van der Waals surface area contributed by atoms with Gasteiger partial charge in [0.1, 0.15) is 17.1 Å². The van der Waals surface area contributed by atoms with E-state index in [1.54, 1.807) is 11.0 Å². The van der Waals surface area contributed by atoms with Gasteiger partial charge in [-0.2, -0.15) is 0 Å². The molecule has 0 radical (unpaired) electrons. The number of fused-ring (bicyclic) bond motifs is 1. The predicted octanol–water partition coefficient (Wildman–Crippen LogP) is 3.63. The number of amides is 1. The van der Waals surface area contributed by atoms with Crippen LogP contribution in [-0.2, 0) is 25.4 Å². The summed E-state index contributed by atoms with van der Waals surface area (Å²) in [7, 11) is -5.06. The summed E-state index contributed by atoms with van der Waals surface area (Å²) in [5.41, 5.74) is 1.22. The Balaban J connectivity index is 1.95. The number of phenols is 1. The Morgan fingerprint density at radius 1 is 1.16 bits per heavy atom. The highest BCUT2D eigenvalue weighted by Gasteiger charge is 2.27. The molecule has 1 fully saturated rings. The van der Waals surface area contributed by atoms with Crippen LogP contribution in [0.15, 0.2) is 41.1 Å². The van der Waals surface area contributed by atoms with Crippen molar-refractivity contribution in [1.29, 1.82) is 0 Å². The lowest BCUT2D eigenvalue weighted by molar-refractivity contribution is -0.137. The van der Waals surface area contributed by atoms with Crippen molar-refractivity contribution in [3.8, 4) is 11.5 Å². The molecule has 0 unspecified atom stereocenters. The predicted molar refractivity (Wildman–Crippen MR) is 135 cm³/mol. The number of carbonyl (C=O) groups is 2. The van der Waals surface area contributed by atoms with E-state index in [1.165, 1.54) is 6.07 Å². The van der Waals surface area contributed by atoms with Crippen molar-refractivity contribution in [2.24, 2.45) is 5.16 Å². The second kappa shape index (κ2) is 13.4. The van der Waals surface area contributed by atoms with Crippen molar-refractivity contribution in [2.45, 2.75) is 51.9 Å². The van der Waals surface area contributed by atoms with Gasteiger partial charge in [0.05, 0.1) is 12.3 Å². The van der Waals surface area contributed by atoms with E-state index in [1.807, 2.05) is 19.1 Å². The van der Waals surface area contributed by atoms with Gasteiger partial charge in [0.15, 0.2) is 6.61 Å². The van der Waals surface area contributed by atoms with Crippen molar-refractivity contribution in [2.75, 3.05) is 26.3 Å². The van der Waals surface area contributed by atoms with Crippen molar-refractivity contribution in [3.05, 3.63) is 47.1 Å². The van der Waals surface area contributed by atoms with Crippen LogP contribution < -0.4 is 4.52 Å². The highest BCUT2D eigenvalue weighted by atomic mass is 31.2. The Morgan fingerprint density at radius 2 is 1.89 bits per heavy atom. The molecule has 11 nitrogen and oxygen atoms in total. The first kappa shape index (κ1) is 28.4. The van der Waals surface area contributed by atoms with Crippen LogP contribution >= 0.6 is 7.82 Å². The Labute approximate surface area is 215 Å². The number of aromatic hydroxyl groups is 1. The summed E-state index contributed by atoms with van der Waals surface area (Å²) in [5.74, 6) is -1.93. The first-order chi connectivity index (χ1) is 17.6. The summed E-state index contributed by atoms with van der Waals surface area (Å²) < 4.78 is 21.6. The number of hydrogen-bond acceptors (Lipinski definition) is 8. The SMILES string of the molecule is CC1=CC(=NOCC(=O)N2CCCCC2)Cc2cc(O)cc(OP(=O)(O)O)c2C(=O)OCCC=CCC1. The van der Waals surface area contributed by atoms with Crippen LogP contribution in [0.25, 0.3) is 0 Å². The molecule has 1 saturated heterocycles. The maximum Gasteiger partial charge on any atom is 0.524 e. The molecule has 0 aliphatic carbocycles.